The maximum absolute atomic E-state index is 13.8. The maximum Gasteiger partial charge on any atom is 0.283 e. The molecule has 0 fully saturated rings. The topological polar surface area (TPSA) is 101 Å². The van der Waals surface area contributed by atoms with Crippen molar-refractivity contribution >= 4 is 11.6 Å². The van der Waals surface area contributed by atoms with Gasteiger partial charge in [-0.3, -0.25) is 4.79 Å². The Labute approximate surface area is 152 Å². The first-order valence-electron chi connectivity index (χ1n) is 7.88. The van der Waals surface area contributed by atoms with Gasteiger partial charge in [0.1, 0.15) is 11.6 Å². The largest absolute Gasteiger partial charge is 0.506 e. The van der Waals surface area contributed by atoms with Crippen LogP contribution >= 0.6 is 0 Å². The van der Waals surface area contributed by atoms with Gasteiger partial charge in [-0.25, -0.2) is 4.39 Å². The molecule has 0 aliphatic rings. The molecule has 0 bridgehead atoms. The fourth-order valence-corrected chi connectivity index (χ4v) is 2.44. The molecule has 2 heterocycles. The van der Waals surface area contributed by atoms with Crippen molar-refractivity contribution in [2.45, 2.75) is 0 Å². The number of nitrogens with one attached hydrogen (secondary N) is 1. The molecule has 134 valence electrons. The van der Waals surface area contributed by atoms with Crippen LogP contribution in [0.2, 0.25) is 0 Å². The zero-order valence-corrected chi connectivity index (χ0v) is 13.7. The van der Waals surface area contributed by atoms with E-state index in [9.17, 15) is 14.3 Å². The molecule has 0 aliphatic carbocycles. The summed E-state index contributed by atoms with van der Waals surface area (Å²) in [5.41, 5.74) is 0.403. The lowest BCUT2D eigenvalue weighted by molar-refractivity contribution is 0.102. The molecule has 0 spiro atoms. The minimum Gasteiger partial charge on any atom is -0.506 e. The number of anilines is 1. The average molecular weight is 365 g/mol. The van der Waals surface area contributed by atoms with Crippen LogP contribution in [-0.4, -0.2) is 21.2 Å². The number of carbonyl (C=O) groups excluding carboxylic acids is 1. The maximum atomic E-state index is 13.8. The number of halogens is 1. The number of amides is 1. The quantitative estimate of drug-likeness (QED) is 0.528. The van der Waals surface area contributed by atoms with Gasteiger partial charge >= 0.3 is 0 Å². The van der Waals surface area contributed by atoms with Crippen molar-refractivity contribution in [1.29, 1.82) is 0 Å². The Hall–Kier alpha value is -3.94. The summed E-state index contributed by atoms with van der Waals surface area (Å²) in [6.07, 6.45) is 1.48. The normalized spacial score (nSPS) is 10.7. The molecule has 7 nitrogen and oxygen atoms in total. The third-order valence-corrected chi connectivity index (χ3v) is 3.77. The second kappa shape index (κ2) is 6.75. The molecule has 0 saturated carbocycles. The van der Waals surface area contributed by atoms with Crippen molar-refractivity contribution in [2.24, 2.45) is 0 Å². The Bertz CT molecular complexity index is 1110. The molecule has 2 aromatic heterocycles. The molecular weight excluding hydrogens is 353 g/mol. The van der Waals surface area contributed by atoms with Gasteiger partial charge in [-0.2, -0.15) is 0 Å². The summed E-state index contributed by atoms with van der Waals surface area (Å²) >= 11 is 0. The number of aromatic hydroxyl groups is 1. The number of benzene rings is 2. The number of hydrogen-bond donors (Lipinski definition) is 2. The number of hydrogen-bond acceptors (Lipinski definition) is 6. The lowest BCUT2D eigenvalue weighted by Crippen LogP contribution is -2.13. The van der Waals surface area contributed by atoms with Crippen LogP contribution in [0.3, 0.4) is 0 Å². The average Bonchev–Trinajstić information content (AvgIpc) is 3.35. The Balaban J connectivity index is 1.62. The monoisotopic (exact) mass is 365 g/mol. The number of rotatable bonds is 4. The number of aromatic nitrogens is 2. The zero-order chi connectivity index (χ0) is 18.8. The Morgan fingerprint density at radius 3 is 2.63 bits per heavy atom. The molecule has 0 unspecified atom stereocenters. The minimum atomic E-state index is -0.692. The lowest BCUT2D eigenvalue weighted by Gasteiger charge is -2.09. The minimum absolute atomic E-state index is 0.0819. The van der Waals surface area contributed by atoms with Crippen molar-refractivity contribution in [2.75, 3.05) is 5.32 Å². The van der Waals surface area contributed by atoms with Crippen LogP contribution in [0, 0.1) is 5.82 Å². The Kier molecular flexibility index (Phi) is 4.13. The highest BCUT2D eigenvalue weighted by molar-refractivity contribution is 6.05. The van der Waals surface area contributed by atoms with Gasteiger partial charge in [-0.15, -0.1) is 10.2 Å². The highest BCUT2D eigenvalue weighted by Crippen LogP contribution is 2.31. The van der Waals surface area contributed by atoms with Crippen molar-refractivity contribution < 1.29 is 23.1 Å². The second-order valence-corrected chi connectivity index (χ2v) is 5.56. The summed E-state index contributed by atoms with van der Waals surface area (Å²) in [7, 11) is 0. The third kappa shape index (κ3) is 3.28. The molecule has 0 aliphatic heterocycles. The number of carbonyl (C=O) groups is 1. The zero-order valence-electron chi connectivity index (χ0n) is 13.7. The number of phenols is 1. The van der Waals surface area contributed by atoms with Gasteiger partial charge in [0.2, 0.25) is 5.89 Å². The molecule has 2 aromatic carbocycles. The summed E-state index contributed by atoms with van der Waals surface area (Å²) in [6, 6.07) is 13.3. The molecule has 2 N–H and O–H groups in total. The predicted molar refractivity (Wildman–Crippen MR) is 93.5 cm³/mol. The predicted octanol–water partition coefficient (Wildman–Crippen LogP) is 4.09. The van der Waals surface area contributed by atoms with Crippen molar-refractivity contribution in [1.82, 2.24) is 10.2 Å². The standard InChI is InChI=1S/C19H12FN3O4/c20-13-5-2-1-4-12(13)17(25)21-14-10-11(7-8-15(14)24)18-22-23-19(27-18)16-6-3-9-26-16/h1-10,24H,(H,21,25). The van der Waals surface area contributed by atoms with E-state index in [4.69, 9.17) is 8.83 Å². The molecule has 1 amide bonds. The van der Waals surface area contributed by atoms with E-state index >= 15 is 0 Å². The first-order valence-corrected chi connectivity index (χ1v) is 7.88. The fourth-order valence-electron chi connectivity index (χ4n) is 2.44. The van der Waals surface area contributed by atoms with Crippen molar-refractivity contribution in [3.8, 4) is 28.9 Å². The van der Waals surface area contributed by atoms with Crippen LogP contribution in [0.5, 0.6) is 5.75 Å². The molecule has 0 radical (unpaired) electrons. The second-order valence-electron chi connectivity index (χ2n) is 5.56. The highest BCUT2D eigenvalue weighted by atomic mass is 19.1. The van der Waals surface area contributed by atoms with Crippen molar-refractivity contribution in [3.63, 3.8) is 0 Å². The smallest absolute Gasteiger partial charge is 0.283 e. The van der Waals surface area contributed by atoms with E-state index in [2.05, 4.69) is 15.5 Å². The van der Waals surface area contributed by atoms with Crippen LogP contribution in [-0.2, 0) is 0 Å². The summed E-state index contributed by atoms with van der Waals surface area (Å²) in [5, 5.41) is 20.3. The molecule has 4 rings (SSSR count). The molecule has 8 heteroatoms. The van der Waals surface area contributed by atoms with Gasteiger partial charge < -0.3 is 19.3 Å². The third-order valence-electron chi connectivity index (χ3n) is 3.77. The fraction of sp³-hybridized carbons (Fsp3) is 0. The van der Waals surface area contributed by atoms with E-state index in [-0.39, 0.29) is 28.8 Å². The van der Waals surface area contributed by atoms with Gasteiger partial charge in [0.25, 0.3) is 11.8 Å². The van der Waals surface area contributed by atoms with Crippen LogP contribution in [0.1, 0.15) is 10.4 Å². The van der Waals surface area contributed by atoms with Gasteiger partial charge in [0, 0.05) is 5.56 Å². The molecule has 4 aromatic rings. The van der Waals surface area contributed by atoms with E-state index in [1.54, 1.807) is 24.3 Å². The van der Waals surface area contributed by atoms with E-state index < -0.39 is 11.7 Å². The van der Waals surface area contributed by atoms with Crippen LogP contribution < -0.4 is 5.32 Å². The van der Waals surface area contributed by atoms with Gasteiger partial charge in [-0.1, -0.05) is 12.1 Å². The number of phenolic OH excluding ortho intramolecular Hbond substituents is 1. The van der Waals surface area contributed by atoms with Gasteiger partial charge in [-0.05, 0) is 42.5 Å². The molecular formula is C19H12FN3O4. The summed E-state index contributed by atoms with van der Waals surface area (Å²) < 4.78 is 24.5. The van der Waals surface area contributed by atoms with E-state index in [1.807, 2.05) is 0 Å². The Morgan fingerprint density at radius 1 is 1.04 bits per heavy atom. The van der Waals surface area contributed by atoms with E-state index in [1.165, 1.54) is 36.6 Å². The number of furan rings is 1. The SMILES string of the molecule is O=C(Nc1cc(-c2nnc(-c3ccco3)o2)ccc1O)c1ccccc1F. The van der Waals surface area contributed by atoms with Crippen LogP contribution in [0.15, 0.2) is 69.7 Å². The molecule has 0 atom stereocenters. The lowest BCUT2D eigenvalue weighted by atomic mass is 10.1. The van der Waals surface area contributed by atoms with Crippen LogP contribution in [0.25, 0.3) is 23.1 Å². The number of nitrogens with zero attached hydrogens (tertiary/aromatic N) is 2. The summed E-state index contributed by atoms with van der Waals surface area (Å²) in [4.78, 5) is 12.3. The molecule has 27 heavy (non-hydrogen) atoms. The van der Waals surface area contributed by atoms with Gasteiger partial charge in [0.15, 0.2) is 5.76 Å². The Morgan fingerprint density at radius 2 is 1.85 bits per heavy atom. The van der Waals surface area contributed by atoms with E-state index in [0.29, 0.717) is 11.3 Å². The first kappa shape index (κ1) is 16.5. The summed E-state index contributed by atoms with van der Waals surface area (Å²) in [6.45, 7) is 0. The van der Waals surface area contributed by atoms with E-state index in [0.717, 1.165) is 0 Å². The van der Waals surface area contributed by atoms with Gasteiger partial charge in [0.05, 0.1) is 17.5 Å². The molecule has 0 saturated heterocycles. The van der Waals surface area contributed by atoms with Crippen molar-refractivity contribution in [3.05, 3.63) is 72.2 Å². The highest BCUT2D eigenvalue weighted by Gasteiger charge is 2.16. The first-order chi connectivity index (χ1) is 13.1. The van der Waals surface area contributed by atoms with Crippen LogP contribution in [0.4, 0.5) is 10.1 Å². The summed E-state index contributed by atoms with van der Waals surface area (Å²) in [5.74, 6) is -0.759.